The summed E-state index contributed by atoms with van der Waals surface area (Å²) in [6, 6.07) is 6.63. The molecule has 0 bridgehead atoms. The fourth-order valence-electron chi connectivity index (χ4n) is 2.16. The molecule has 0 fully saturated rings. The van der Waals surface area contributed by atoms with Gasteiger partial charge >= 0.3 is 5.97 Å². The predicted octanol–water partition coefficient (Wildman–Crippen LogP) is 3.08. The maximum atomic E-state index is 11.7. The lowest BCUT2D eigenvalue weighted by molar-refractivity contribution is 0.0593. The van der Waals surface area contributed by atoms with E-state index in [0.717, 1.165) is 0 Å². The third-order valence-electron chi connectivity index (χ3n) is 3.27. The van der Waals surface area contributed by atoms with Crippen LogP contribution in [0.25, 0.3) is 11.3 Å². The molecule has 6 nitrogen and oxygen atoms in total. The molecule has 0 aliphatic carbocycles. The fourth-order valence-corrected chi connectivity index (χ4v) is 3.11. The summed E-state index contributed by atoms with van der Waals surface area (Å²) >= 11 is 12.0. The summed E-state index contributed by atoms with van der Waals surface area (Å²) in [5.41, 5.74) is 1.48. The number of esters is 1. The Morgan fingerprint density at radius 2 is 1.96 bits per heavy atom. The van der Waals surface area contributed by atoms with E-state index in [9.17, 15) is 13.2 Å². The first kappa shape index (κ1) is 18.8. The standard InChI is InChI=1S/C15H16Cl2N2O4S/c1-23-15(20)13-9-14(10-4-5-11(16)12(17)8-10)19(18-13)6-3-7-24(2,21)22/h4-5,8-9H,3,6-7H2,1-2H3. The minimum absolute atomic E-state index is 0.0290. The Bertz CT molecular complexity index is 862. The summed E-state index contributed by atoms with van der Waals surface area (Å²) < 4.78 is 28.8. The molecule has 0 radical (unpaired) electrons. The SMILES string of the molecule is COC(=O)c1cc(-c2ccc(Cl)c(Cl)c2)n(CCCS(C)(=O)=O)n1. The number of carbonyl (C=O) groups is 1. The maximum absolute atomic E-state index is 11.7. The summed E-state index contributed by atoms with van der Waals surface area (Å²) in [6.45, 7) is 0.333. The zero-order valence-electron chi connectivity index (χ0n) is 13.1. The van der Waals surface area contributed by atoms with Crippen LogP contribution in [0.2, 0.25) is 10.0 Å². The van der Waals surface area contributed by atoms with Gasteiger partial charge < -0.3 is 4.74 Å². The quantitative estimate of drug-likeness (QED) is 0.708. The molecule has 0 unspecified atom stereocenters. The number of benzene rings is 1. The first-order valence-corrected chi connectivity index (χ1v) is 9.82. The van der Waals surface area contributed by atoms with Crippen molar-refractivity contribution in [1.82, 2.24) is 9.78 Å². The van der Waals surface area contributed by atoms with Crippen molar-refractivity contribution in [2.45, 2.75) is 13.0 Å². The lowest BCUT2D eigenvalue weighted by Crippen LogP contribution is -2.10. The normalized spacial score (nSPS) is 11.5. The van der Waals surface area contributed by atoms with Crippen molar-refractivity contribution in [2.24, 2.45) is 0 Å². The van der Waals surface area contributed by atoms with Gasteiger partial charge in [0.05, 0.1) is 28.6 Å². The highest BCUT2D eigenvalue weighted by Crippen LogP contribution is 2.29. The summed E-state index contributed by atoms with van der Waals surface area (Å²) in [6.07, 6.45) is 1.55. The van der Waals surface area contributed by atoms with Crippen molar-refractivity contribution in [3.05, 3.63) is 40.0 Å². The van der Waals surface area contributed by atoms with E-state index in [-0.39, 0.29) is 11.4 Å². The molecule has 2 rings (SSSR count). The largest absolute Gasteiger partial charge is 0.464 e. The van der Waals surface area contributed by atoms with E-state index >= 15 is 0 Å². The number of rotatable bonds is 6. The first-order valence-electron chi connectivity index (χ1n) is 7.00. The Labute approximate surface area is 150 Å². The van der Waals surface area contributed by atoms with Crippen LogP contribution < -0.4 is 0 Å². The van der Waals surface area contributed by atoms with Crippen LogP contribution in [0.5, 0.6) is 0 Å². The highest BCUT2D eigenvalue weighted by atomic mass is 35.5. The zero-order chi connectivity index (χ0) is 17.9. The molecule has 9 heteroatoms. The van der Waals surface area contributed by atoms with Crippen molar-refractivity contribution in [3.8, 4) is 11.3 Å². The molecule has 0 atom stereocenters. The minimum Gasteiger partial charge on any atom is -0.464 e. The van der Waals surface area contributed by atoms with Gasteiger partial charge in [-0.3, -0.25) is 4.68 Å². The summed E-state index contributed by atoms with van der Waals surface area (Å²) in [7, 11) is -1.80. The number of hydrogen-bond acceptors (Lipinski definition) is 5. The van der Waals surface area contributed by atoms with E-state index in [1.165, 1.54) is 13.4 Å². The Balaban J connectivity index is 2.38. The van der Waals surface area contributed by atoms with Crippen LogP contribution in [0, 0.1) is 0 Å². The molecule has 0 aliphatic heterocycles. The molecule has 0 saturated carbocycles. The average molecular weight is 391 g/mol. The van der Waals surface area contributed by atoms with Gasteiger partial charge in [0.1, 0.15) is 9.84 Å². The number of methoxy groups -OCH3 is 1. The molecule has 2 aromatic rings. The average Bonchev–Trinajstić information content (AvgIpc) is 2.92. The number of nitrogens with zero attached hydrogens (tertiary/aromatic N) is 2. The van der Waals surface area contributed by atoms with Gasteiger partial charge in [0, 0.05) is 18.4 Å². The second-order valence-corrected chi connectivity index (χ2v) is 8.32. The minimum atomic E-state index is -3.07. The Morgan fingerprint density at radius 1 is 1.25 bits per heavy atom. The van der Waals surface area contributed by atoms with Gasteiger partial charge in [-0.2, -0.15) is 5.10 Å². The van der Waals surface area contributed by atoms with Crippen LogP contribution in [0.4, 0.5) is 0 Å². The molecule has 0 aliphatic rings. The second-order valence-electron chi connectivity index (χ2n) is 5.24. The van der Waals surface area contributed by atoms with Gasteiger partial charge in [-0.1, -0.05) is 29.3 Å². The Kier molecular flexibility index (Phi) is 5.90. The topological polar surface area (TPSA) is 78.3 Å². The second kappa shape index (κ2) is 7.55. The van der Waals surface area contributed by atoms with Crippen LogP contribution in [-0.2, 0) is 21.1 Å². The smallest absolute Gasteiger partial charge is 0.358 e. The number of ether oxygens (including phenoxy) is 1. The van der Waals surface area contributed by atoms with Crippen molar-refractivity contribution < 1.29 is 17.9 Å². The Morgan fingerprint density at radius 3 is 2.54 bits per heavy atom. The highest BCUT2D eigenvalue weighted by Gasteiger charge is 2.17. The van der Waals surface area contributed by atoms with Crippen LogP contribution in [0.15, 0.2) is 24.3 Å². The van der Waals surface area contributed by atoms with Crippen molar-refractivity contribution in [3.63, 3.8) is 0 Å². The van der Waals surface area contributed by atoms with E-state index in [1.807, 2.05) is 0 Å². The monoisotopic (exact) mass is 390 g/mol. The van der Waals surface area contributed by atoms with Crippen molar-refractivity contribution in [2.75, 3.05) is 19.1 Å². The first-order chi connectivity index (χ1) is 11.2. The predicted molar refractivity (Wildman–Crippen MR) is 93.4 cm³/mol. The van der Waals surface area contributed by atoms with Crippen LogP contribution >= 0.6 is 23.2 Å². The number of carbonyl (C=O) groups excluding carboxylic acids is 1. The number of halogens is 2. The molecule has 1 aromatic heterocycles. The van der Waals surface area contributed by atoms with Gasteiger partial charge in [0.15, 0.2) is 5.69 Å². The molecule has 1 heterocycles. The van der Waals surface area contributed by atoms with Gasteiger partial charge in [-0.15, -0.1) is 0 Å². The van der Waals surface area contributed by atoms with E-state index < -0.39 is 15.8 Å². The molecule has 24 heavy (non-hydrogen) atoms. The highest BCUT2D eigenvalue weighted by molar-refractivity contribution is 7.90. The molecule has 0 spiro atoms. The van der Waals surface area contributed by atoms with Gasteiger partial charge in [-0.05, 0) is 24.6 Å². The maximum Gasteiger partial charge on any atom is 0.358 e. The van der Waals surface area contributed by atoms with Crippen molar-refractivity contribution >= 4 is 39.0 Å². The van der Waals surface area contributed by atoms with Crippen LogP contribution in [0.1, 0.15) is 16.9 Å². The summed E-state index contributed by atoms with van der Waals surface area (Å²) in [5.74, 6) is -0.542. The number of sulfone groups is 1. The molecule has 1 aromatic carbocycles. The lowest BCUT2D eigenvalue weighted by atomic mass is 10.1. The van der Waals surface area contributed by atoms with E-state index in [4.69, 9.17) is 23.2 Å². The van der Waals surface area contributed by atoms with E-state index in [0.29, 0.717) is 34.3 Å². The van der Waals surface area contributed by atoms with Crippen molar-refractivity contribution in [1.29, 1.82) is 0 Å². The van der Waals surface area contributed by atoms with Crippen LogP contribution in [0.3, 0.4) is 0 Å². The molecule has 0 saturated heterocycles. The number of hydrogen-bond donors (Lipinski definition) is 0. The number of aryl methyl sites for hydroxylation is 1. The number of aromatic nitrogens is 2. The van der Waals surface area contributed by atoms with Gasteiger partial charge in [-0.25, -0.2) is 13.2 Å². The Hall–Kier alpha value is -1.57. The molecule has 0 amide bonds. The summed E-state index contributed by atoms with van der Waals surface area (Å²) in [4.78, 5) is 11.7. The zero-order valence-corrected chi connectivity index (χ0v) is 15.5. The fraction of sp³-hybridized carbons (Fsp3) is 0.333. The molecule has 0 N–H and O–H groups in total. The van der Waals surface area contributed by atoms with E-state index in [1.54, 1.807) is 28.9 Å². The third kappa shape index (κ3) is 4.72. The summed E-state index contributed by atoms with van der Waals surface area (Å²) in [5, 5.41) is 4.99. The van der Waals surface area contributed by atoms with Gasteiger partial charge in [0.25, 0.3) is 0 Å². The van der Waals surface area contributed by atoms with E-state index in [2.05, 4.69) is 9.84 Å². The van der Waals surface area contributed by atoms with Gasteiger partial charge in [0.2, 0.25) is 0 Å². The molecular weight excluding hydrogens is 375 g/mol. The van der Waals surface area contributed by atoms with Crippen LogP contribution in [-0.4, -0.2) is 43.3 Å². The molecule has 130 valence electrons. The molecular formula is C15H16Cl2N2O4S. The lowest BCUT2D eigenvalue weighted by Gasteiger charge is -2.08. The third-order valence-corrected chi connectivity index (χ3v) is 5.04.